The Morgan fingerprint density at radius 1 is 0.949 bits per heavy atom. The molecule has 2 aliphatic rings. The van der Waals surface area contributed by atoms with Gasteiger partial charge in [0.2, 0.25) is 0 Å². The molecule has 0 spiro atoms. The minimum absolute atomic E-state index is 0.320. The smallest absolute Gasteiger partial charge is 0.416 e. The molecule has 7 heteroatoms. The molecular weight excluding hydrogens is 506 g/mol. The number of hydrogen-bond acceptors (Lipinski definition) is 2. The van der Waals surface area contributed by atoms with Crippen LogP contribution in [0.25, 0.3) is 11.1 Å². The molecule has 3 aromatic rings. The third kappa shape index (κ3) is 5.21. The molecule has 1 heterocycles. The van der Waals surface area contributed by atoms with E-state index in [1.165, 1.54) is 24.3 Å². The molecular formula is C32H33F4NO2. The molecule has 2 fully saturated rings. The SMILES string of the molecule is CC1CC(C)CN(C(c2ccc(F)cc2)c2cccc(C3(C(=O)O)CCC3)c2-c2ccc(C(F)(F)F)cc2)C1. The molecule has 39 heavy (non-hydrogen) atoms. The second-order valence-corrected chi connectivity index (χ2v) is 11.4. The van der Waals surface area contributed by atoms with E-state index in [1.54, 1.807) is 12.1 Å². The lowest BCUT2D eigenvalue weighted by molar-refractivity contribution is -0.147. The number of likely N-dealkylation sites (tertiary alicyclic amines) is 1. The average Bonchev–Trinajstić information content (AvgIpc) is 2.84. The fourth-order valence-electron chi connectivity index (χ4n) is 6.63. The predicted octanol–water partition coefficient (Wildman–Crippen LogP) is 8.09. The predicted molar refractivity (Wildman–Crippen MR) is 143 cm³/mol. The summed E-state index contributed by atoms with van der Waals surface area (Å²) in [4.78, 5) is 15.0. The standard InChI is InChI=1S/C32H33F4NO2/c1-20-17-21(2)19-37(18-20)29(23-9-13-25(33)14-10-23)26-5-3-6-27(31(30(38)39)15-4-16-31)28(26)22-7-11-24(12-8-22)32(34,35)36/h3,5-14,20-21,29H,4,15-19H2,1-2H3,(H,38,39). The zero-order valence-electron chi connectivity index (χ0n) is 22.1. The van der Waals surface area contributed by atoms with Crippen molar-refractivity contribution < 1.29 is 27.5 Å². The van der Waals surface area contributed by atoms with E-state index in [0.29, 0.717) is 41.4 Å². The quantitative estimate of drug-likeness (QED) is 0.322. The van der Waals surface area contributed by atoms with Gasteiger partial charge in [-0.1, -0.05) is 62.7 Å². The van der Waals surface area contributed by atoms with E-state index in [4.69, 9.17) is 0 Å². The second kappa shape index (κ2) is 10.4. The summed E-state index contributed by atoms with van der Waals surface area (Å²) in [6.07, 6.45) is -1.68. The van der Waals surface area contributed by atoms with Crippen molar-refractivity contribution in [3.05, 3.63) is 94.8 Å². The molecule has 3 aromatic carbocycles. The molecule has 3 nitrogen and oxygen atoms in total. The van der Waals surface area contributed by atoms with Crippen molar-refractivity contribution >= 4 is 5.97 Å². The first kappa shape index (κ1) is 27.4. The van der Waals surface area contributed by atoms with E-state index >= 15 is 0 Å². The minimum atomic E-state index is -4.48. The molecule has 1 saturated heterocycles. The Morgan fingerprint density at radius 3 is 2.08 bits per heavy atom. The second-order valence-electron chi connectivity index (χ2n) is 11.4. The van der Waals surface area contributed by atoms with Crippen molar-refractivity contribution in [1.82, 2.24) is 4.90 Å². The van der Waals surface area contributed by atoms with E-state index in [1.807, 2.05) is 18.2 Å². The number of carbonyl (C=O) groups is 1. The molecule has 0 radical (unpaired) electrons. The number of aliphatic carboxylic acids is 1. The van der Waals surface area contributed by atoms with Crippen LogP contribution in [-0.2, 0) is 16.4 Å². The first-order valence-electron chi connectivity index (χ1n) is 13.5. The van der Waals surface area contributed by atoms with Gasteiger partial charge in [0.05, 0.1) is 17.0 Å². The van der Waals surface area contributed by atoms with Crippen LogP contribution in [0.2, 0.25) is 0 Å². The van der Waals surface area contributed by atoms with E-state index in [0.717, 1.165) is 49.2 Å². The lowest BCUT2D eigenvalue weighted by atomic mass is 9.62. The Bertz CT molecular complexity index is 1320. The molecule has 1 N–H and O–H groups in total. The van der Waals surface area contributed by atoms with Crippen molar-refractivity contribution in [1.29, 1.82) is 0 Å². The molecule has 0 amide bonds. The Hall–Kier alpha value is -3.19. The number of piperidine rings is 1. The third-order valence-corrected chi connectivity index (χ3v) is 8.47. The highest BCUT2D eigenvalue weighted by Gasteiger charge is 2.48. The zero-order chi connectivity index (χ0) is 27.9. The average molecular weight is 540 g/mol. The Kier molecular flexibility index (Phi) is 7.31. The summed E-state index contributed by atoms with van der Waals surface area (Å²) >= 11 is 0. The number of halogens is 4. The highest BCUT2D eigenvalue weighted by molar-refractivity contribution is 5.88. The van der Waals surface area contributed by atoms with Gasteiger partial charge in [-0.2, -0.15) is 13.2 Å². The maximum Gasteiger partial charge on any atom is 0.416 e. The van der Waals surface area contributed by atoms with Crippen LogP contribution < -0.4 is 0 Å². The van der Waals surface area contributed by atoms with E-state index < -0.39 is 23.1 Å². The van der Waals surface area contributed by atoms with Crippen molar-refractivity contribution in [2.75, 3.05) is 13.1 Å². The normalized spacial score (nSPS) is 22.2. The maximum atomic E-state index is 14.0. The first-order valence-corrected chi connectivity index (χ1v) is 13.5. The molecule has 1 aliphatic heterocycles. The monoisotopic (exact) mass is 539 g/mol. The molecule has 0 bridgehead atoms. The van der Waals surface area contributed by atoms with Crippen LogP contribution in [-0.4, -0.2) is 29.1 Å². The van der Waals surface area contributed by atoms with Gasteiger partial charge >= 0.3 is 12.1 Å². The van der Waals surface area contributed by atoms with Gasteiger partial charge in [-0.3, -0.25) is 9.69 Å². The number of carboxylic acids is 1. The number of rotatable bonds is 6. The fourth-order valence-corrected chi connectivity index (χ4v) is 6.63. The van der Waals surface area contributed by atoms with Gasteiger partial charge in [-0.15, -0.1) is 0 Å². The van der Waals surface area contributed by atoms with Gasteiger partial charge in [0.15, 0.2) is 0 Å². The van der Waals surface area contributed by atoms with Crippen LogP contribution in [0.3, 0.4) is 0 Å². The zero-order valence-corrected chi connectivity index (χ0v) is 22.1. The van der Waals surface area contributed by atoms with Crippen LogP contribution in [0.4, 0.5) is 17.6 Å². The van der Waals surface area contributed by atoms with E-state index in [9.17, 15) is 27.5 Å². The van der Waals surface area contributed by atoms with Gasteiger partial charge < -0.3 is 5.11 Å². The summed E-state index contributed by atoms with van der Waals surface area (Å²) in [5.41, 5.74) is 1.68. The Balaban J connectivity index is 1.76. The Morgan fingerprint density at radius 2 is 1.56 bits per heavy atom. The fraction of sp³-hybridized carbons (Fsp3) is 0.406. The molecule has 3 atom stereocenters. The third-order valence-electron chi connectivity index (χ3n) is 8.47. The number of nitrogens with zero attached hydrogens (tertiary/aromatic N) is 1. The summed E-state index contributed by atoms with van der Waals surface area (Å²) < 4.78 is 54.3. The van der Waals surface area contributed by atoms with Crippen molar-refractivity contribution in [2.24, 2.45) is 11.8 Å². The summed E-state index contributed by atoms with van der Waals surface area (Å²) in [6, 6.07) is 16.7. The highest BCUT2D eigenvalue weighted by atomic mass is 19.4. The summed E-state index contributed by atoms with van der Waals surface area (Å²) in [5, 5.41) is 10.4. The number of hydrogen-bond donors (Lipinski definition) is 1. The molecule has 3 unspecified atom stereocenters. The molecule has 1 saturated carbocycles. The summed E-state index contributed by atoms with van der Waals surface area (Å²) in [6.45, 7) is 6.00. The van der Waals surface area contributed by atoms with Gasteiger partial charge in [0.1, 0.15) is 5.82 Å². The van der Waals surface area contributed by atoms with E-state index in [-0.39, 0.29) is 11.9 Å². The maximum absolute atomic E-state index is 14.0. The van der Waals surface area contributed by atoms with Crippen molar-refractivity contribution in [2.45, 2.75) is 57.2 Å². The first-order chi connectivity index (χ1) is 18.5. The van der Waals surface area contributed by atoms with Gasteiger partial charge in [0.25, 0.3) is 0 Å². The lowest BCUT2D eigenvalue weighted by Crippen LogP contribution is -2.44. The van der Waals surface area contributed by atoms with Crippen molar-refractivity contribution in [3.63, 3.8) is 0 Å². The van der Waals surface area contributed by atoms with Crippen LogP contribution >= 0.6 is 0 Å². The minimum Gasteiger partial charge on any atom is -0.481 e. The molecule has 5 rings (SSSR count). The summed E-state index contributed by atoms with van der Waals surface area (Å²) in [7, 11) is 0. The van der Waals surface area contributed by atoms with Gasteiger partial charge in [-0.25, -0.2) is 4.39 Å². The van der Waals surface area contributed by atoms with Gasteiger partial charge in [0, 0.05) is 13.1 Å². The molecule has 206 valence electrons. The van der Waals surface area contributed by atoms with Crippen LogP contribution in [0.15, 0.2) is 66.7 Å². The number of alkyl halides is 3. The largest absolute Gasteiger partial charge is 0.481 e. The molecule has 0 aromatic heterocycles. The van der Waals surface area contributed by atoms with Crippen molar-refractivity contribution in [3.8, 4) is 11.1 Å². The van der Waals surface area contributed by atoms with Crippen LogP contribution in [0.5, 0.6) is 0 Å². The molecule has 1 aliphatic carbocycles. The van der Waals surface area contributed by atoms with Crippen LogP contribution in [0, 0.1) is 17.7 Å². The number of carboxylic acid groups (broad SMARTS) is 1. The van der Waals surface area contributed by atoms with E-state index in [2.05, 4.69) is 18.7 Å². The topological polar surface area (TPSA) is 40.5 Å². The van der Waals surface area contributed by atoms with Gasteiger partial charge in [-0.05, 0) is 83.2 Å². The van der Waals surface area contributed by atoms with Crippen LogP contribution in [0.1, 0.15) is 67.8 Å². The lowest BCUT2D eigenvalue weighted by Gasteiger charge is -2.43. The Labute approximate surface area is 226 Å². The number of benzene rings is 3. The highest BCUT2D eigenvalue weighted by Crippen LogP contribution is 2.50. The summed E-state index contributed by atoms with van der Waals surface area (Å²) in [5.74, 6) is -0.427.